The van der Waals surface area contributed by atoms with Gasteiger partial charge in [-0.15, -0.1) is 6.42 Å². The lowest BCUT2D eigenvalue weighted by molar-refractivity contribution is -0.130. The standard InChI is InChI=1S/C17H13NO2/c1-2-17(20)14-10-6-7-11-15(14)18(16(17)19)12-13-8-4-3-5-9-13/h1,3-11,20H,12H2. The first-order chi connectivity index (χ1) is 9.66. The third-order valence-electron chi connectivity index (χ3n) is 3.53. The number of rotatable bonds is 2. The lowest BCUT2D eigenvalue weighted by Gasteiger charge is -2.19. The van der Waals surface area contributed by atoms with Gasteiger partial charge in [-0.2, -0.15) is 0 Å². The third-order valence-corrected chi connectivity index (χ3v) is 3.53. The van der Waals surface area contributed by atoms with E-state index < -0.39 is 11.5 Å². The number of aliphatic hydroxyl groups is 1. The zero-order valence-corrected chi connectivity index (χ0v) is 10.8. The van der Waals surface area contributed by atoms with E-state index in [1.165, 1.54) is 4.90 Å². The predicted octanol–water partition coefficient (Wildman–Crippen LogP) is 2.05. The van der Waals surface area contributed by atoms with Gasteiger partial charge in [0.1, 0.15) is 0 Å². The van der Waals surface area contributed by atoms with Gasteiger partial charge in [-0.3, -0.25) is 4.79 Å². The van der Waals surface area contributed by atoms with Gasteiger partial charge in [0.2, 0.25) is 5.60 Å². The smallest absolute Gasteiger partial charge is 0.276 e. The first-order valence-electron chi connectivity index (χ1n) is 6.32. The minimum Gasteiger partial charge on any atom is -0.366 e. The van der Waals surface area contributed by atoms with E-state index >= 15 is 0 Å². The van der Waals surface area contributed by atoms with Crippen LogP contribution >= 0.6 is 0 Å². The maximum absolute atomic E-state index is 12.5. The highest BCUT2D eigenvalue weighted by atomic mass is 16.3. The summed E-state index contributed by atoms with van der Waals surface area (Å²) in [5, 5.41) is 10.4. The molecule has 98 valence electrons. The minimum absolute atomic E-state index is 0.390. The fourth-order valence-electron chi connectivity index (χ4n) is 2.50. The van der Waals surface area contributed by atoms with Crippen LogP contribution in [0.1, 0.15) is 11.1 Å². The van der Waals surface area contributed by atoms with Crippen LogP contribution in [-0.4, -0.2) is 11.0 Å². The van der Waals surface area contributed by atoms with E-state index in [4.69, 9.17) is 6.42 Å². The van der Waals surface area contributed by atoms with Gasteiger partial charge in [-0.25, -0.2) is 0 Å². The van der Waals surface area contributed by atoms with Crippen LogP contribution in [0.2, 0.25) is 0 Å². The van der Waals surface area contributed by atoms with E-state index in [1.807, 2.05) is 36.4 Å². The molecule has 0 saturated heterocycles. The first kappa shape index (κ1) is 12.5. The second-order valence-electron chi connectivity index (χ2n) is 4.75. The Morgan fingerprint density at radius 3 is 2.45 bits per heavy atom. The normalized spacial score (nSPS) is 20.6. The van der Waals surface area contributed by atoms with E-state index in [1.54, 1.807) is 18.2 Å². The largest absolute Gasteiger partial charge is 0.366 e. The summed E-state index contributed by atoms with van der Waals surface area (Å²) in [6.45, 7) is 0.390. The molecule has 3 rings (SSSR count). The average molecular weight is 263 g/mol. The Bertz CT molecular complexity index is 702. The number of nitrogens with zero attached hydrogens (tertiary/aromatic N) is 1. The number of para-hydroxylation sites is 1. The van der Waals surface area contributed by atoms with Crippen LogP contribution in [0, 0.1) is 12.3 Å². The van der Waals surface area contributed by atoms with Crippen LogP contribution in [0.25, 0.3) is 0 Å². The molecule has 0 aliphatic carbocycles. The predicted molar refractivity (Wildman–Crippen MR) is 76.8 cm³/mol. The maximum Gasteiger partial charge on any atom is 0.276 e. The summed E-state index contributed by atoms with van der Waals surface area (Å²) in [6, 6.07) is 16.7. The summed E-state index contributed by atoms with van der Waals surface area (Å²) in [6.07, 6.45) is 5.38. The number of carbonyl (C=O) groups is 1. The summed E-state index contributed by atoms with van der Waals surface area (Å²) in [7, 11) is 0. The molecule has 0 spiro atoms. The number of amides is 1. The molecule has 0 aromatic heterocycles. The van der Waals surface area contributed by atoms with E-state index in [2.05, 4.69) is 5.92 Å². The maximum atomic E-state index is 12.5. The van der Waals surface area contributed by atoms with E-state index in [9.17, 15) is 9.90 Å². The highest BCUT2D eigenvalue weighted by molar-refractivity contribution is 6.08. The molecule has 1 atom stereocenters. The van der Waals surface area contributed by atoms with Gasteiger partial charge in [-0.1, -0.05) is 54.5 Å². The van der Waals surface area contributed by atoms with Crippen molar-refractivity contribution in [2.75, 3.05) is 4.90 Å². The summed E-state index contributed by atoms with van der Waals surface area (Å²) in [5.41, 5.74) is 0.271. The zero-order valence-electron chi connectivity index (χ0n) is 10.8. The minimum atomic E-state index is -1.86. The average Bonchev–Trinajstić information content (AvgIpc) is 2.72. The number of fused-ring (bicyclic) bond motifs is 1. The van der Waals surface area contributed by atoms with Crippen molar-refractivity contribution in [1.82, 2.24) is 0 Å². The lowest BCUT2D eigenvalue weighted by atomic mass is 9.97. The van der Waals surface area contributed by atoms with Crippen molar-refractivity contribution in [3.8, 4) is 12.3 Å². The fraction of sp³-hybridized carbons (Fsp3) is 0.118. The first-order valence-corrected chi connectivity index (χ1v) is 6.32. The van der Waals surface area contributed by atoms with Crippen molar-refractivity contribution >= 4 is 11.6 Å². The van der Waals surface area contributed by atoms with Crippen LogP contribution in [0.4, 0.5) is 5.69 Å². The monoisotopic (exact) mass is 263 g/mol. The number of anilines is 1. The highest BCUT2D eigenvalue weighted by Gasteiger charge is 2.48. The molecular weight excluding hydrogens is 250 g/mol. The van der Waals surface area contributed by atoms with Crippen molar-refractivity contribution in [2.45, 2.75) is 12.1 Å². The summed E-state index contributed by atoms with van der Waals surface area (Å²) >= 11 is 0. The molecule has 0 fully saturated rings. The quantitative estimate of drug-likeness (QED) is 0.842. The van der Waals surface area contributed by atoms with Crippen LogP contribution < -0.4 is 4.90 Å². The summed E-state index contributed by atoms with van der Waals surface area (Å²) in [4.78, 5) is 14.0. The van der Waals surface area contributed by atoms with Gasteiger partial charge >= 0.3 is 0 Å². The molecule has 3 nitrogen and oxygen atoms in total. The second kappa shape index (κ2) is 4.52. The molecule has 1 N–H and O–H groups in total. The van der Waals surface area contributed by atoms with Gasteiger partial charge in [0, 0.05) is 5.56 Å². The molecule has 1 aliphatic rings. The van der Waals surface area contributed by atoms with Crippen LogP contribution in [0.3, 0.4) is 0 Å². The number of carbonyl (C=O) groups excluding carboxylic acids is 1. The topological polar surface area (TPSA) is 40.5 Å². The number of terminal acetylenes is 1. The molecule has 3 heteroatoms. The third kappa shape index (κ3) is 1.70. The van der Waals surface area contributed by atoms with Gasteiger partial charge in [-0.05, 0) is 11.6 Å². The molecule has 2 aromatic rings. The SMILES string of the molecule is C#CC1(O)C(=O)N(Cc2ccccc2)c2ccccc21. The van der Waals surface area contributed by atoms with Crippen molar-refractivity contribution < 1.29 is 9.90 Å². The second-order valence-corrected chi connectivity index (χ2v) is 4.75. The Morgan fingerprint density at radius 1 is 1.10 bits per heavy atom. The molecule has 0 radical (unpaired) electrons. The molecule has 20 heavy (non-hydrogen) atoms. The fourth-order valence-corrected chi connectivity index (χ4v) is 2.50. The molecule has 0 saturated carbocycles. The number of hydrogen-bond donors (Lipinski definition) is 1. The van der Waals surface area contributed by atoms with Gasteiger partial charge in [0.15, 0.2) is 0 Å². The zero-order chi connectivity index (χ0) is 14.2. The molecule has 2 aromatic carbocycles. The van der Waals surface area contributed by atoms with E-state index in [0.29, 0.717) is 17.8 Å². The summed E-state index contributed by atoms with van der Waals surface area (Å²) < 4.78 is 0. The van der Waals surface area contributed by atoms with Crippen molar-refractivity contribution in [2.24, 2.45) is 0 Å². The molecular formula is C17H13NO2. The Hall–Kier alpha value is -2.57. The Balaban J connectivity index is 2.06. The van der Waals surface area contributed by atoms with Crippen LogP contribution in [0.15, 0.2) is 54.6 Å². The van der Waals surface area contributed by atoms with E-state index in [0.717, 1.165) is 5.56 Å². The van der Waals surface area contributed by atoms with Gasteiger partial charge in [0.25, 0.3) is 5.91 Å². The van der Waals surface area contributed by atoms with Crippen LogP contribution in [-0.2, 0) is 16.9 Å². The van der Waals surface area contributed by atoms with E-state index in [-0.39, 0.29) is 0 Å². The molecule has 1 heterocycles. The Morgan fingerprint density at radius 2 is 1.75 bits per heavy atom. The molecule has 0 bridgehead atoms. The number of hydrogen-bond acceptors (Lipinski definition) is 2. The lowest BCUT2D eigenvalue weighted by Crippen LogP contribution is -2.38. The summed E-state index contributed by atoms with van der Waals surface area (Å²) in [5.74, 6) is 1.76. The van der Waals surface area contributed by atoms with Crippen molar-refractivity contribution in [1.29, 1.82) is 0 Å². The Kier molecular flexibility index (Phi) is 2.81. The van der Waals surface area contributed by atoms with Crippen molar-refractivity contribution in [3.05, 3.63) is 65.7 Å². The Labute approximate surface area is 117 Å². The number of benzene rings is 2. The van der Waals surface area contributed by atoms with Crippen LogP contribution in [0.5, 0.6) is 0 Å². The van der Waals surface area contributed by atoms with Crippen molar-refractivity contribution in [3.63, 3.8) is 0 Å². The van der Waals surface area contributed by atoms with Gasteiger partial charge < -0.3 is 10.0 Å². The highest BCUT2D eigenvalue weighted by Crippen LogP contribution is 2.40. The molecule has 1 amide bonds. The molecule has 1 aliphatic heterocycles. The van der Waals surface area contributed by atoms with Gasteiger partial charge in [0.05, 0.1) is 12.2 Å². The molecule has 1 unspecified atom stereocenters.